The molecule has 0 aliphatic heterocycles. The Balaban J connectivity index is 1.84. The molecular weight excluding hydrogens is 376 g/mol. The number of ether oxygens (including phenoxy) is 2. The van der Waals surface area contributed by atoms with Crippen molar-refractivity contribution in [3.63, 3.8) is 0 Å². The lowest BCUT2D eigenvalue weighted by Crippen LogP contribution is -2.31. The SMILES string of the molecule is Cc1c(Cl)cccc1NC(=O)[C@@H](C)OC(=O)COc1ccc([N+](=O)[O-])cc1. The number of hydrogen-bond donors (Lipinski definition) is 1. The van der Waals surface area contributed by atoms with E-state index in [9.17, 15) is 19.7 Å². The second-order valence-corrected chi connectivity index (χ2v) is 5.98. The van der Waals surface area contributed by atoms with Crippen LogP contribution in [-0.2, 0) is 14.3 Å². The quantitative estimate of drug-likeness (QED) is 0.439. The van der Waals surface area contributed by atoms with Crippen molar-refractivity contribution in [3.05, 3.63) is 63.2 Å². The van der Waals surface area contributed by atoms with Gasteiger partial charge < -0.3 is 14.8 Å². The molecule has 0 aromatic heterocycles. The average Bonchev–Trinajstić information content (AvgIpc) is 2.64. The Labute approximate surface area is 160 Å². The van der Waals surface area contributed by atoms with Crippen molar-refractivity contribution in [2.45, 2.75) is 20.0 Å². The molecular formula is C18H17ClN2O6. The van der Waals surface area contributed by atoms with E-state index in [4.69, 9.17) is 21.1 Å². The minimum atomic E-state index is -1.05. The summed E-state index contributed by atoms with van der Waals surface area (Å²) in [6.07, 6.45) is -1.05. The van der Waals surface area contributed by atoms with Crippen LogP contribution in [0.15, 0.2) is 42.5 Å². The van der Waals surface area contributed by atoms with E-state index in [0.717, 1.165) is 0 Å². The van der Waals surface area contributed by atoms with Gasteiger partial charge in [-0.2, -0.15) is 0 Å². The molecule has 0 heterocycles. The van der Waals surface area contributed by atoms with Crippen LogP contribution < -0.4 is 10.1 Å². The number of nitrogens with one attached hydrogen (secondary N) is 1. The van der Waals surface area contributed by atoms with Gasteiger partial charge in [0.2, 0.25) is 0 Å². The number of carbonyl (C=O) groups excluding carboxylic acids is 2. The third-order valence-electron chi connectivity index (χ3n) is 3.61. The molecule has 1 amide bonds. The Bertz CT molecular complexity index is 853. The van der Waals surface area contributed by atoms with Gasteiger partial charge in [0, 0.05) is 22.8 Å². The van der Waals surface area contributed by atoms with Gasteiger partial charge >= 0.3 is 5.97 Å². The van der Waals surface area contributed by atoms with Crippen LogP contribution in [0.4, 0.5) is 11.4 Å². The number of benzene rings is 2. The molecule has 0 unspecified atom stereocenters. The van der Waals surface area contributed by atoms with Gasteiger partial charge in [-0.25, -0.2) is 4.79 Å². The molecule has 0 saturated carbocycles. The van der Waals surface area contributed by atoms with Crippen molar-refractivity contribution >= 4 is 34.9 Å². The fraction of sp³-hybridized carbons (Fsp3) is 0.222. The zero-order chi connectivity index (χ0) is 20.0. The standard InChI is InChI=1S/C18H17ClN2O6/c1-11-15(19)4-3-5-16(11)20-18(23)12(2)27-17(22)10-26-14-8-6-13(7-9-14)21(24)25/h3-9,12H,10H2,1-2H3,(H,20,23)/t12-/m1/s1. The molecule has 0 spiro atoms. The first kappa shape index (κ1) is 20.2. The summed E-state index contributed by atoms with van der Waals surface area (Å²) in [5.41, 5.74) is 1.14. The molecule has 0 fully saturated rings. The summed E-state index contributed by atoms with van der Waals surface area (Å²) in [5, 5.41) is 13.7. The van der Waals surface area contributed by atoms with E-state index in [1.807, 2.05) is 0 Å². The van der Waals surface area contributed by atoms with E-state index >= 15 is 0 Å². The van der Waals surface area contributed by atoms with Gasteiger partial charge in [-0.3, -0.25) is 14.9 Å². The predicted octanol–water partition coefficient (Wildman–Crippen LogP) is 3.51. The number of rotatable bonds is 7. The molecule has 0 bridgehead atoms. The van der Waals surface area contributed by atoms with E-state index in [-0.39, 0.29) is 11.4 Å². The number of non-ortho nitro benzene ring substituents is 1. The Morgan fingerprint density at radius 3 is 2.52 bits per heavy atom. The largest absolute Gasteiger partial charge is 0.482 e. The molecule has 2 aromatic carbocycles. The molecule has 0 saturated heterocycles. The van der Waals surface area contributed by atoms with Crippen LogP contribution in [0.1, 0.15) is 12.5 Å². The van der Waals surface area contributed by atoms with Crippen molar-refractivity contribution in [1.82, 2.24) is 0 Å². The van der Waals surface area contributed by atoms with Crippen molar-refractivity contribution < 1.29 is 24.0 Å². The van der Waals surface area contributed by atoms with E-state index in [0.29, 0.717) is 16.3 Å². The van der Waals surface area contributed by atoms with Crippen LogP contribution >= 0.6 is 11.6 Å². The molecule has 9 heteroatoms. The summed E-state index contributed by atoms with van der Waals surface area (Å²) in [5.74, 6) is -0.993. The first-order chi connectivity index (χ1) is 12.8. The number of nitro groups is 1. The lowest BCUT2D eigenvalue weighted by molar-refractivity contribution is -0.384. The minimum absolute atomic E-state index is 0.0912. The maximum Gasteiger partial charge on any atom is 0.344 e. The summed E-state index contributed by atoms with van der Waals surface area (Å²) in [6, 6.07) is 10.3. The lowest BCUT2D eigenvalue weighted by atomic mass is 10.2. The number of nitro benzene ring substituents is 1. The highest BCUT2D eigenvalue weighted by Crippen LogP contribution is 2.23. The Morgan fingerprint density at radius 1 is 1.22 bits per heavy atom. The van der Waals surface area contributed by atoms with Gasteiger partial charge in [-0.05, 0) is 43.7 Å². The smallest absolute Gasteiger partial charge is 0.344 e. The summed E-state index contributed by atoms with van der Waals surface area (Å²) in [4.78, 5) is 34.0. The van der Waals surface area contributed by atoms with Gasteiger partial charge in [-0.1, -0.05) is 17.7 Å². The molecule has 0 aliphatic rings. The minimum Gasteiger partial charge on any atom is -0.482 e. The monoisotopic (exact) mass is 392 g/mol. The summed E-state index contributed by atoms with van der Waals surface area (Å²) in [6.45, 7) is 2.75. The van der Waals surface area contributed by atoms with Gasteiger partial charge in [0.1, 0.15) is 5.75 Å². The maximum absolute atomic E-state index is 12.2. The first-order valence-electron chi connectivity index (χ1n) is 7.90. The van der Waals surface area contributed by atoms with Crippen LogP contribution in [0.3, 0.4) is 0 Å². The Morgan fingerprint density at radius 2 is 1.89 bits per heavy atom. The maximum atomic E-state index is 12.2. The molecule has 1 atom stereocenters. The van der Waals surface area contributed by atoms with E-state index in [2.05, 4.69) is 5.32 Å². The van der Waals surface area contributed by atoms with Crippen molar-refractivity contribution in [2.24, 2.45) is 0 Å². The highest BCUT2D eigenvalue weighted by Gasteiger charge is 2.19. The molecule has 1 N–H and O–H groups in total. The van der Waals surface area contributed by atoms with Gasteiger partial charge in [0.25, 0.3) is 11.6 Å². The zero-order valence-corrected chi connectivity index (χ0v) is 15.4. The molecule has 0 radical (unpaired) electrons. The lowest BCUT2D eigenvalue weighted by Gasteiger charge is -2.15. The number of amides is 1. The van der Waals surface area contributed by atoms with Crippen LogP contribution in [0.2, 0.25) is 5.02 Å². The Kier molecular flexibility index (Phi) is 6.73. The number of esters is 1. The first-order valence-corrected chi connectivity index (χ1v) is 8.28. The summed E-state index contributed by atoms with van der Waals surface area (Å²) < 4.78 is 10.2. The van der Waals surface area contributed by atoms with Crippen molar-refractivity contribution in [1.29, 1.82) is 0 Å². The summed E-state index contributed by atoms with van der Waals surface area (Å²) in [7, 11) is 0. The molecule has 8 nitrogen and oxygen atoms in total. The third kappa shape index (κ3) is 5.68. The highest BCUT2D eigenvalue weighted by molar-refractivity contribution is 6.31. The number of nitrogens with zero attached hydrogens (tertiary/aromatic N) is 1. The van der Waals surface area contributed by atoms with Crippen LogP contribution in [0.5, 0.6) is 5.75 Å². The fourth-order valence-corrected chi connectivity index (χ4v) is 2.24. The molecule has 2 aromatic rings. The van der Waals surface area contributed by atoms with Crippen molar-refractivity contribution in [3.8, 4) is 5.75 Å². The van der Waals surface area contributed by atoms with Crippen LogP contribution in [0, 0.1) is 17.0 Å². The van der Waals surface area contributed by atoms with Gasteiger partial charge in [0.15, 0.2) is 12.7 Å². The molecule has 27 heavy (non-hydrogen) atoms. The van der Waals surface area contributed by atoms with Crippen molar-refractivity contribution in [2.75, 3.05) is 11.9 Å². The highest BCUT2D eigenvalue weighted by atomic mass is 35.5. The molecule has 2 rings (SSSR count). The number of carbonyl (C=O) groups is 2. The van der Waals surface area contributed by atoms with Gasteiger partial charge in [-0.15, -0.1) is 0 Å². The molecule has 0 aliphatic carbocycles. The number of anilines is 1. The average molecular weight is 393 g/mol. The normalized spacial score (nSPS) is 11.4. The van der Waals surface area contributed by atoms with E-state index in [1.54, 1.807) is 25.1 Å². The van der Waals surface area contributed by atoms with Gasteiger partial charge in [0.05, 0.1) is 4.92 Å². The fourth-order valence-electron chi connectivity index (χ4n) is 2.07. The predicted molar refractivity (Wildman–Crippen MR) is 99.0 cm³/mol. The van der Waals surface area contributed by atoms with E-state index in [1.165, 1.54) is 31.2 Å². The second-order valence-electron chi connectivity index (χ2n) is 5.57. The molecule has 142 valence electrons. The topological polar surface area (TPSA) is 108 Å². The second kappa shape index (κ2) is 9.00. The number of hydrogen-bond acceptors (Lipinski definition) is 6. The third-order valence-corrected chi connectivity index (χ3v) is 4.02. The number of halogens is 1. The zero-order valence-electron chi connectivity index (χ0n) is 14.6. The summed E-state index contributed by atoms with van der Waals surface area (Å²) >= 11 is 6.00. The van der Waals surface area contributed by atoms with Crippen LogP contribution in [0.25, 0.3) is 0 Å². The van der Waals surface area contributed by atoms with E-state index < -0.39 is 29.5 Å². The van der Waals surface area contributed by atoms with Crippen LogP contribution in [-0.4, -0.2) is 29.5 Å². The Hall–Kier alpha value is -3.13.